The van der Waals surface area contributed by atoms with Crippen molar-refractivity contribution in [2.45, 2.75) is 39.3 Å². The molecule has 178 valence electrons. The highest BCUT2D eigenvalue weighted by Gasteiger charge is 2.31. The van der Waals surface area contributed by atoms with Crippen molar-refractivity contribution in [3.63, 3.8) is 0 Å². The van der Waals surface area contributed by atoms with Crippen molar-refractivity contribution < 1.29 is 14.3 Å². The van der Waals surface area contributed by atoms with Crippen LogP contribution in [0.3, 0.4) is 0 Å². The van der Waals surface area contributed by atoms with Crippen LogP contribution in [0, 0.1) is 11.8 Å². The van der Waals surface area contributed by atoms with Crippen LogP contribution < -0.4 is 10.1 Å². The monoisotopic (exact) mass is 453 g/mol. The summed E-state index contributed by atoms with van der Waals surface area (Å²) in [5.41, 5.74) is 1.08. The minimum absolute atomic E-state index is 0.0558. The first-order valence-corrected chi connectivity index (χ1v) is 11.9. The fourth-order valence-corrected chi connectivity index (χ4v) is 4.48. The maximum absolute atomic E-state index is 12.8. The summed E-state index contributed by atoms with van der Waals surface area (Å²) in [5.74, 6) is 2.94. The number of hydrogen-bond acceptors (Lipinski definition) is 6. The molecule has 2 aliphatic heterocycles. The maximum Gasteiger partial charge on any atom is 0.226 e. The Morgan fingerprint density at radius 2 is 2.12 bits per heavy atom. The lowest BCUT2D eigenvalue weighted by atomic mass is 10.0. The van der Waals surface area contributed by atoms with Gasteiger partial charge in [0.25, 0.3) is 0 Å². The number of amides is 1. The fourth-order valence-electron chi connectivity index (χ4n) is 4.48. The van der Waals surface area contributed by atoms with Crippen LogP contribution in [0.5, 0.6) is 5.75 Å². The third-order valence-electron chi connectivity index (χ3n) is 6.49. The number of para-hydroxylation sites is 1. The Morgan fingerprint density at radius 3 is 2.88 bits per heavy atom. The zero-order chi connectivity index (χ0) is 23.2. The van der Waals surface area contributed by atoms with Crippen molar-refractivity contribution in [1.29, 1.82) is 0 Å². The first-order chi connectivity index (χ1) is 16.1. The van der Waals surface area contributed by atoms with Crippen molar-refractivity contribution in [1.82, 2.24) is 25.0 Å². The van der Waals surface area contributed by atoms with E-state index >= 15 is 0 Å². The Kier molecular flexibility index (Phi) is 7.77. The van der Waals surface area contributed by atoms with E-state index in [1.165, 1.54) is 0 Å². The number of aromatic nitrogens is 3. The van der Waals surface area contributed by atoms with Crippen LogP contribution in [-0.4, -0.2) is 65.5 Å². The van der Waals surface area contributed by atoms with Gasteiger partial charge in [-0.1, -0.05) is 44.2 Å². The summed E-state index contributed by atoms with van der Waals surface area (Å²) in [5, 5.41) is 12.2. The molecule has 0 saturated carbocycles. The predicted molar refractivity (Wildman–Crippen MR) is 127 cm³/mol. The average Bonchev–Trinajstić information content (AvgIpc) is 3.45. The number of hydrogen-bond donors (Lipinski definition) is 1. The zero-order valence-corrected chi connectivity index (χ0v) is 19.9. The Morgan fingerprint density at radius 1 is 1.27 bits per heavy atom. The fraction of sp³-hybridized carbons (Fsp3) is 0.560. The lowest BCUT2D eigenvalue weighted by Crippen LogP contribution is -2.38. The van der Waals surface area contributed by atoms with Crippen LogP contribution >= 0.6 is 0 Å². The van der Waals surface area contributed by atoms with Gasteiger partial charge in [0.2, 0.25) is 5.91 Å². The summed E-state index contributed by atoms with van der Waals surface area (Å²) in [6.07, 6.45) is 5.93. The zero-order valence-electron chi connectivity index (χ0n) is 19.9. The second-order valence-corrected chi connectivity index (χ2v) is 9.11. The van der Waals surface area contributed by atoms with Crippen LogP contribution in [0.4, 0.5) is 0 Å². The number of carbonyl (C=O) groups excluding carboxylic acids is 1. The summed E-state index contributed by atoms with van der Waals surface area (Å²) >= 11 is 0. The SMILES string of the molecule is COc1ccccc1/C=C/CN1CCc2nnc([C@@H](NC(=O)[C@H]3CCOC3)C(C)C)n2CC1. The largest absolute Gasteiger partial charge is 0.496 e. The van der Waals surface area contributed by atoms with Gasteiger partial charge in [0.05, 0.1) is 25.7 Å². The van der Waals surface area contributed by atoms with Gasteiger partial charge in [0.15, 0.2) is 5.82 Å². The van der Waals surface area contributed by atoms with Gasteiger partial charge in [-0.15, -0.1) is 10.2 Å². The molecule has 1 N–H and O–H groups in total. The predicted octanol–water partition coefficient (Wildman–Crippen LogP) is 2.71. The third kappa shape index (κ3) is 5.62. The second-order valence-electron chi connectivity index (χ2n) is 9.11. The first-order valence-electron chi connectivity index (χ1n) is 11.9. The van der Waals surface area contributed by atoms with E-state index in [-0.39, 0.29) is 23.8 Å². The third-order valence-corrected chi connectivity index (χ3v) is 6.49. The molecule has 1 saturated heterocycles. The van der Waals surface area contributed by atoms with Crippen molar-refractivity contribution >= 4 is 12.0 Å². The van der Waals surface area contributed by atoms with E-state index in [1.54, 1.807) is 7.11 Å². The molecule has 0 unspecified atom stereocenters. The van der Waals surface area contributed by atoms with Crippen LogP contribution in [0.25, 0.3) is 6.08 Å². The summed E-state index contributed by atoms with van der Waals surface area (Å²) in [4.78, 5) is 15.2. The van der Waals surface area contributed by atoms with E-state index in [2.05, 4.69) is 57.0 Å². The summed E-state index contributed by atoms with van der Waals surface area (Å²) in [6.45, 7) is 8.89. The molecule has 2 atom stereocenters. The number of benzene rings is 1. The molecule has 0 aliphatic carbocycles. The molecular formula is C25H35N5O3. The van der Waals surface area contributed by atoms with E-state index in [9.17, 15) is 4.79 Å². The Balaban J connectivity index is 1.40. The molecule has 0 bridgehead atoms. The molecule has 3 heterocycles. The Bertz CT molecular complexity index is 965. The van der Waals surface area contributed by atoms with Crippen molar-refractivity contribution in [2.75, 3.05) is 40.0 Å². The van der Waals surface area contributed by atoms with Gasteiger partial charge in [-0.3, -0.25) is 9.69 Å². The number of rotatable bonds is 8. The van der Waals surface area contributed by atoms with Crippen molar-refractivity contribution in [3.05, 3.63) is 47.6 Å². The van der Waals surface area contributed by atoms with Crippen molar-refractivity contribution in [3.8, 4) is 5.75 Å². The number of nitrogens with zero attached hydrogens (tertiary/aromatic N) is 4. The summed E-state index contributed by atoms with van der Waals surface area (Å²) < 4.78 is 13.0. The molecule has 1 fully saturated rings. The van der Waals surface area contributed by atoms with Crippen LogP contribution in [0.15, 0.2) is 30.3 Å². The molecule has 4 rings (SSSR count). The van der Waals surface area contributed by atoms with Crippen molar-refractivity contribution in [2.24, 2.45) is 11.8 Å². The number of methoxy groups -OCH3 is 1. The van der Waals surface area contributed by atoms with E-state index in [0.717, 1.165) is 62.0 Å². The van der Waals surface area contributed by atoms with Crippen LogP contribution in [0.2, 0.25) is 0 Å². The second kappa shape index (κ2) is 10.9. The Hall–Kier alpha value is -2.71. The van der Waals surface area contributed by atoms with Crippen LogP contribution in [-0.2, 0) is 22.5 Å². The number of carbonyl (C=O) groups is 1. The van der Waals surface area contributed by atoms with Gasteiger partial charge in [-0.2, -0.15) is 0 Å². The smallest absolute Gasteiger partial charge is 0.226 e. The summed E-state index contributed by atoms with van der Waals surface area (Å²) in [7, 11) is 1.70. The van der Waals surface area contributed by atoms with Gasteiger partial charge >= 0.3 is 0 Å². The molecule has 0 radical (unpaired) electrons. The van der Waals surface area contributed by atoms with Gasteiger partial charge in [0.1, 0.15) is 11.6 Å². The molecular weight excluding hydrogens is 418 g/mol. The number of fused-ring (bicyclic) bond motifs is 1. The number of ether oxygens (including phenoxy) is 2. The molecule has 0 spiro atoms. The van der Waals surface area contributed by atoms with Gasteiger partial charge in [-0.25, -0.2) is 0 Å². The first kappa shape index (κ1) is 23.4. The maximum atomic E-state index is 12.8. The standard InChI is InChI=1S/C25H35N5O3/c1-18(2)23(26-25(31)20-11-16-33-17-20)24-28-27-22-10-13-29(14-15-30(22)24)12-6-8-19-7-4-5-9-21(19)32-3/h4-9,18,20,23H,10-17H2,1-3H3,(H,26,31)/b8-6+/t20-,23-/m0/s1. The van der Waals surface area contributed by atoms with Gasteiger partial charge < -0.3 is 19.4 Å². The molecule has 1 aromatic carbocycles. The quantitative estimate of drug-likeness (QED) is 0.662. The molecule has 8 nitrogen and oxygen atoms in total. The number of nitrogens with one attached hydrogen (secondary N) is 1. The molecule has 1 aromatic heterocycles. The van der Waals surface area contributed by atoms with E-state index in [1.807, 2.05) is 18.2 Å². The highest BCUT2D eigenvalue weighted by atomic mass is 16.5. The van der Waals surface area contributed by atoms with E-state index in [4.69, 9.17) is 9.47 Å². The molecule has 8 heteroatoms. The van der Waals surface area contributed by atoms with Gasteiger partial charge in [0, 0.05) is 44.8 Å². The summed E-state index contributed by atoms with van der Waals surface area (Å²) in [6, 6.07) is 7.88. The van der Waals surface area contributed by atoms with E-state index < -0.39 is 0 Å². The Labute approximate surface area is 196 Å². The highest BCUT2D eigenvalue weighted by Crippen LogP contribution is 2.24. The van der Waals surface area contributed by atoms with Gasteiger partial charge in [-0.05, 0) is 18.4 Å². The minimum Gasteiger partial charge on any atom is -0.496 e. The van der Waals surface area contributed by atoms with E-state index in [0.29, 0.717) is 13.2 Å². The lowest BCUT2D eigenvalue weighted by molar-refractivity contribution is -0.126. The molecule has 2 aromatic rings. The topological polar surface area (TPSA) is 81.5 Å². The molecule has 33 heavy (non-hydrogen) atoms. The van der Waals surface area contributed by atoms with Crippen LogP contribution in [0.1, 0.15) is 43.5 Å². The highest BCUT2D eigenvalue weighted by molar-refractivity contribution is 5.79. The lowest BCUT2D eigenvalue weighted by Gasteiger charge is -2.24. The minimum atomic E-state index is -0.156. The molecule has 1 amide bonds. The molecule has 2 aliphatic rings. The average molecular weight is 454 g/mol. The normalized spacial score (nSPS) is 20.1.